The van der Waals surface area contributed by atoms with E-state index in [0.717, 1.165) is 0 Å². The van der Waals surface area contributed by atoms with Gasteiger partial charge in [-0.2, -0.15) is 13.2 Å². The average Bonchev–Trinajstić information content (AvgIpc) is 2.70. The van der Waals surface area contributed by atoms with Crippen LogP contribution in [-0.2, 0) is 11.2 Å². The van der Waals surface area contributed by atoms with Crippen molar-refractivity contribution >= 4 is 11.4 Å². The lowest BCUT2D eigenvalue weighted by atomic mass is 10.2. The van der Waals surface area contributed by atoms with Crippen molar-refractivity contribution in [2.75, 3.05) is 6.54 Å². The molecule has 0 fully saturated rings. The van der Waals surface area contributed by atoms with Gasteiger partial charge in [-0.15, -0.1) is 0 Å². The monoisotopic (exact) mass is 274 g/mol. The van der Waals surface area contributed by atoms with Crippen LogP contribution >= 0.6 is 0 Å². The molecule has 2 rings (SSSR count). The van der Waals surface area contributed by atoms with Crippen LogP contribution in [0.4, 0.5) is 17.6 Å². The SMILES string of the molecule is O=C(NCCc1ccn2ccc(F)cc12)C(F)(F)F. The van der Waals surface area contributed by atoms with Gasteiger partial charge in [0.05, 0.1) is 5.52 Å². The van der Waals surface area contributed by atoms with Gasteiger partial charge >= 0.3 is 12.1 Å². The van der Waals surface area contributed by atoms with Crippen molar-refractivity contribution < 1.29 is 22.4 Å². The average molecular weight is 274 g/mol. The molecule has 0 aromatic carbocycles. The smallest absolute Gasteiger partial charge is 0.348 e. The summed E-state index contributed by atoms with van der Waals surface area (Å²) in [7, 11) is 0. The number of amides is 1. The summed E-state index contributed by atoms with van der Waals surface area (Å²) in [5, 5.41) is 1.77. The van der Waals surface area contributed by atoms with Gasteiger partial charge in [0.25, 0.3) is 0 Å². The third kappa shape index (κ3) is 3.04. The predicted molar refractivity (Wildman–Crippen MR) is 60.1 cm³/mol. The van der Waals surface area contributed by atoms with Crippen molar-refractivity contribution in [1.82, 2.24) is 9.72 Å². The Morgan fingerprint density at radius 3 is 2.63 bits per heavy atom. The second-order valence-electron chi connectivity index (χ2n) is 3.98. The molecule has 0 atom stereocenters. The highest BCUT2D eigenvalue weighted by atomic mass is 19.4. The fourth-order valence-electron chi connectivity index (χ4n) is 1.75. The zero-order valence-electron chi connectivity index (χ0n) is 9.67. The lowest BCUT2D eigenvalue weighted by molar-refractivity contribution is -0.173. The van der Waals surface area contributed by atoms with Crippen molar-refractivity contribution in [3.63, 3.8) is 0 Å². The number of nitrogens with one attached hydrogen (secondary N) is 1. The molecule has 0 aliphatic rings. The molecule has 0 unspecified atom stereocenters. The van der Waals surface area contributed by atoms with Crippen LogP contribution in [0.3, 0.4) is 0 Å². The summed E-state index contributed by atoms with van der Waals surface area (Å²) in [6, 6.07) is 4.25. The molecule has 2 aromatic heterocycles. The second kappa shape index (κ2) is 4.91. The number of nitrogens with zero attached hydrogens (tertiary/aromatic N) is 1. The summed E-state index contributed by atoms with van der Waals surface area (Å²) in [6.07, 6.45) is -1.49. The zero-order valence-corrected chi connectivity index (χ0v) is 9.67. The van der Waals surface area contributed by atoms with Crippen molar-refractivity contribution in [3.05, 3.63) is 42.0 Å². The zero-order chi connectivity index (χ0) is 14.0. The van der Waals surface area contributed by atoms with Gasteiger partial charge in [0.2, 0.25) is 0 Å². The minimum absolute atomic E-state index is 0.158. The van der Waals surface area contributed by atoms with Gasteiger partial charge < -0.3 is 9.72 Å². The number of carbonyl (C=O) groups is 1. The van der Waals surface area contributed by atoms with Gasteiger partial charge in [0, 0.05) is 18.9 Å². The van der Waals surface area contributed by atoms with Crippen LogP contribution < -0.4 is 5.32 Å². The van der Waals surface area contributed by atoms with E-state index < -0.39 is 17.9 Å². The van der Waals surface area contributed by atoms with Gasteiger partial charge in [0.15, 0.2) is 0 Å². The summed E-state index contributed by atoms with van der Waals surface area (Å²) >= 11 is 0. The van der Waals surface area contributed by atoms with Crippen molar-refractivity contribution in [3.8, 4) is 0 Å². The van der Waals surface area contributed by atoms with Gasteiger partial charge in [-0.1, -0.05) is 0 Å². The highest BCUT2D eigenvalue weighted by Crippen LogP contribution is 2.16. The number of carbonyl (C=O) groups excluding carboxylic acids is 1. The van der Waals surface area contributed by atoms with Crippen LogP contribution in [0.5, 0.6) is 0 Å². The maximum Gasteiger partial charge on any atom is 0.471 e. The Labute approximate surface area is 105 Å². The largest absolute Gasteiger partial charge is 0.471 e. The summed E-state index contributed by atoms with van der Waals surface area (Å²) < 4.78 is 50.6. The number of hydrogen-bond acceptors (Lipinski definition) is 1. The van der Waals surface area contributed by atoms with E-state index in [1.807, 2.05) is 0 Å². The Kier molecular flexibility index (Phi) is 3.46. The van der Waals surface area contributed by atoms with E-state index in [0.29, 0.717) is 11.1 Å². The summed E-state index contributed by atoms with van der Waals surface area (Å²) in [6.45, 7) is -0.158. The lowest BCUT2D eigenvalue weighted by Gasteiger charge is -2.07. The van der Waals surface area contributed by atoms with Crippen molar-refractivity contribution in [2.45, 2.75) is 12.6 Å². The minimum Gasteiger partial charge on any atom is -0.348 e. The molecule has 7 heteroatoms. The third-order valence-electron chi connectivity index (χ3n) is 2.65. The molecular formula is C12H10F4N2O. The van der Waals surface area contributed by atoms with Crippen LogP contribution in [0.15, 0.2) is 30.6 Å². The van der Waals surface area contributed by atoms with Crippen LogP contribution in [0, 0.1) is 5.82 Å². The van der Waals surface area contributed by atoms with Gasteiger partial charge in [-0.25, -0.2) is 4.39 Å². The molecular weight excluding hydrogens is 264 g/mol. The Hall–Kier alpha value is -2.05. The predicted octanol–water partition coefficient (Wildman–Crippen LogP) is 2.30. The first-order valence-electron chi connectivity index (χ1n) is 5.48. The van der Waals surface area contributed by atoms with Crippen LogP contribution in [-0.4, -0.2) is 23.0 Å². The van der Waals surface area contributed by atoms with E-state index in [1.54, 1.807) is 22.0 Å². The van der Waals surface area contributed by atoms with E-state index in [9.17, 15) is 22.4 Å². The molecule has 0 aliphatic heterocycles. The molecule has 102 valence electrons. The third-order valence-corrected chi connectivity index (χ3v) is 2.65. The number of hydrogen-bond donors (Lipinski definition) is 1. The molecule has 3 nitrogen and oxygen atoms in total. The van der Waals surface area contributed by atoms with E-state index in [2.05, 4.69) is 0 Å². The molecule has 0 aliphatic carbocycles. The van der Waals surface area contributed by atoms with Gasteiger partial charge in [-0.3, -0.25) is 4.79 Å². The first kappa shape index (κ1) is 13.4. The number of alkyl halides is 3. The highest BCUT2D eigenvalue weighted by Gasteiger charge is 2.38. The van der Waals surface area contributed by atoms with E-state index in [-0.39, 0.29) is 13.0 Å². The Morgan fingerprint density at radius 1 is 1.26 bits per heavy atom. The minimum atomic E-state index is -4.88. The van der Waals surface area contributed by atoms with E-state index >= 15 is 0 Å². The first-order chi connectivity index (χ1) is 8.88. The number of aromatic nitrogens is 1. The maximum absolute atomic E-state index is 13.1. The Balaban J connectivity index is 2.03. The number of rotatable bonds is 3. The molecule has 2 heterocycles. The molecule has 0 bridgehead atoms. The van der Waals surface area contributed by atoms with E-state index in [4.69, 9.17) is 0 Å². The van der Waals surface area contributed by atoms with Gasteiger partial charge in [0.1, 0.15) is 5.82 Å². The number of fused-ring (bicyclic) bond motifs is 1. The molecule has 0 radical (unpaired) electrons. The molecule has 0 saturated heterocycles. The Morgan fingerprint density at radius 2 is 1.95 bits per heavy atom. The normalized spacial score (nSPS) is 11.8. The summed E-state index contributed by atoms with van der Waals surface area (Å²) in [4.78, 5) is 10.6. The van der Waals surface area contributed by atoms with Crippen molar-refractivity contribution in [1.29, 1.82) is 0 Å². The molecule has 19 heavy (non-hydrogen) atoms. The molecule has 2 aromatic rings. The lowest BCUT2D eigenvalue weighted by Crippen LogP contribution is -2.37. The summed E-state index contributed by atoms with van der Waals surface area (Å²) in [5.41, 5.74) is 1.24. The quantitative estimate of drug-likeness (QED) is 0.856. The Bertz CT molecular complexity index is 603. The molecule has 0 saturated carbocycles. The van der Waals surface area contributed by atoms with Gasteiger partial charge in [-0.05, 0) is 30.2 Å². The number of halogens is 4. The molecule has 0 spiro atoms. The van der Waals surface area contributed by atoms with Crippen LogP contribution in [0.2, 0.25) is 0 Å². The molecule has 1 N–H and O–H groups in total. The first-order valence-corrected chi connectivity index (χ1v) is 5.48. The second-order valence-corrected chi connectivity index (χ2v) is 3.98. The van der Waals surface area contributed by atoms with Crippen molar-refractivity contribution in [2.24, 2.45) is 0 Å². The number of pyridine rings is 1. The molecule has 1 amide bonds. The fourth-order valence-corrected chi connectivity index (χ4v) is 1.75. The summed E-state index contributed by atoms with van der Waals surface area (Å²) in [5.74, 6) is -2.39. The van der Waals surface area contributed by atoms with Crippen LogP contribution in [0.25, 0.3) is 5.52 Å². The topological polar surface area (TPSA) is 33.5 Å². The van der Waals surface area contributed by atoms with E-state index in [1.165, 1.54) is 18.3 Å². The standard InChI is InChI=1S/C12H10F4N2O/c13-9-3-6-18-5-2-8(10(18)7-9)1-4-17-11(19)12(14,15)16/h2-3,5-7H,1,4H2,(H,17,19). The highest BCUT2D eigenvalue weighted by molar-refractivity contribution is 5.81. The van der Waals surface area contributed by atoms with Crippen LogP contribution in [0.1, 0.15) is 5.56 Å². The fraction of sp³-hybridized carbons (Fsp3) is 0.250. The maximum atomic E-state index is 13.1.